The van der Waals surface area contributed by atoms with Crippen molar-refractivity contribution in [2.75, 3.05) is 52.4 Å². The second kappa shape index (κ2) is 9.34. The van der Waals surface area contributed by atoms with Crippen LogP contribution in [0.2, 0.25) is 0 Å². The Kier molecular flexibility index (Phi) is 6.55. The SMILES string of the molecule is O.O=C1NCCN1CCN1CCN([C@H]2C[C@H](c3ccc(F)cc3)c3ccccc32)CC1. The summed E-state index contributed by atoms with van der Waals surface area (Å²) in [5.74, 6) is 0.155. The monoisotopic (exact) mass is 426 g/mol. The maximum atomic E-state index is 13.4. The van der Waals surface area contributed by atoms with Crippen molar-refractivity contribution >= 4 is 6.03 Å². The first-order valence-corrected chi connectivity index (χ1v) is 11.0. The Morgan fingerprint density at radius 2 is 1.61 bits per heavy atom. The van der Waals surface area contributed by atoms with Crippen molar-refractivity contribution in [3.63, 3.8) is 0 Å². The predicted molar refractivity (Wildman–Crippen MR) is 119 cm³/mol. The molecule has 2 heterocycles. The maximum absolute atomic E-state index is 13.4. The van der Waals surface area contributed by atoms with Crippen molar-refractivity contribution in [2.24, 2.45) is 0 Å². The summed E-state index contributed by atoms with van der Waals surface area (Å²) >= 11 is 0. The average Bonchev–Trinajstić information content (AvgIpc) is 3.37. The van der Waals surface area contributed by atoms with E-state index < -0.39 is 0 Å². The summed E-state index contributed by atoms with van der Waals surface area (Å²) in [6, 6.07) is 16.3. The molecule has 2 fully saturated rings. The molecule has 0 saturated carbocycles. The van der Waals surface area contributed by atoms with E-state index in [4.69, 9.17) is 0 Å². The Morgan fingerprint density at radius 3 is 2.29 bits per heavy atom. The van der Waals surface area contributed by atoms with Crippen LogP contribution < -0.4 is 5.32 Å². The molecule has 2 aromatic rings. The lowest BCUT2D eigenvalue weighted by molar-refractivity contribution is 0.0905. The largest absolute Gasteiger partial charge is 0.412 e. The zero-order valence-electron chi connectivity index (χ0n) is 17.8. The Balaban J connectivity index is 0.00000231. The third kappa shape index (κ3) is 4.44. The number of hydrogen-bond donors (Lipinski definition) is 1. The van der Waals surface area contributed by atoms with Gasteiger partial charge >= 0.3 is 6.03 Å². The zero-order valence-corrected chi connectivity index (χ0v) is 17.8. The first-order chi connectivity index (χ1) is 14.7. The van der Waals surface area contributed by atoms with Crippen LogP contribution in [-0.4, -0.2) is 78.6 Å². The fraction of sp³-hybridized carbons (Fsp3) is 0.458. The van der Waals surface area contributed by atoms with Crippen LogP contribution in [0.25, 0.3) is 0 Å². The zero-order chi connectivity index (χ0) is 20.5. The van der Waals surface area contributed by atoms with E-state index in [-0.39, 0.29) is 17.3 Å². The van der Waals surface area contributed by atoms with Crippen LogP contribution in [-0.2, 0) is 0 Å². The summed E-state index contributed by atoms with van der Waals surface area (Å²) in [6.07, 6.45) is 1.05. The molecule has 3 N–H and O–H groups in total. The third-order valence-corrected chi connectivity index (χ3v) is 6.94. The number of halogens is 1. The summed E-state index contributed by atoms with van der Waals surface area (Å²) < 4.78 is 13.4. The van der Waals surface area contributed by atoms with Crippen molar-refractivity contribution < 1.29 is 14.7 Å². The number of amides is 2. The molecule has 0 aromatic heterocycles. The summed E-state index contributed by atoms with van der Waals surface area (Å²) in [4.78, 5) is 18.7. The highest BCUT2D eigenvalue weighted by Gasteiger charge is 2.36. The Morgan fingerprint density at radius 1 is 0.903 bits per heavy atom. The maximum Gasteiger partial charge on any atom is 0.317 e. The van der Waals surface area contributed by atoms with Gasteiger partial charge in [0.1, 0.15) is 5.82 Å². The molecule has 2 atom stereocenters. The molecule has 0 bridgehead atoms. The lowest BCUT2D eigenvalue weighted by atomic mass is 9.93. The molecule has 0 unspecified atom stereocenters. The second-order valence-electron chi connectivity index (χ2n) is 8.58. The molecular weight excluding hydrogens is 395 g/mol. The number of hydrogen-bond acceptors (Lipinski definition) is 3. The molecule has 7 heteroatoms. The minimum atomic E-state index is -0.177. The smallest absolute Gasteiger partial charge is 0.317 e. The van der Waals surface area contributed by atoms with Gasteiger partial charge in [0.2, 0.25) is 0 Å². The quantitative estimate of drug-likeness (QED) is 0.797. The van der Waals surface area contributed by atoms with Crippen LogP contribution in [0, 0.1) is 5.82 Å². The Labute approximate surface area is 182 Å². The fourth-order valence-electron chi connectivity index (χ4n) is 5.25. The molecule has 6 nitrogen and oxygen atoms in total. The van der Waals surface area contributed by atoms with Gasteiger partial charge in [-0.05, 0) is 35.2 Å². The van der Waals surface area contributed by atoms with E-state index in [0.29, 0.717) is 12.0 Å². The lowest BCUT2D eigenvalue weighted by Crippen LogP contribution is -2.49. The van der Waals surface area contributed by atoms with E-state index in [1.165, 1.54) is 16.7 Å². The summed E-state index contributed by atoms with van der Waals surface area (Å²) in [5.41, 5.74) is 4.01. The van der Waals surface area contributed by atoms with E-state index in [0.717, 1.165) is 58.8 Å². The van der Waals surface area contributed by atoms with Crippen LogP contribution in [0.15, 0.2) is 48.5 Å². The van der Waals surface area contributed by atoms with Crippen LogP contribution in [0.5, 0.6) is 0 Å². The minimum absolute atomic E-state index is 0. The molecular formula is C24H31FN4O2. The normalized spacial score (nSPS) is 24.0. The standard InChI is InChI=1S/C24H29FN4O.H2O/c25-19-7-5-18(6-8-19)22-17-23(21-4-2-1-3-20(21)22)28-14-11-27(12-15-28)13-16-29-10-9-26-24(29)30;/h1-8,22-23H,9-17H2,(H,26,30);1H2/t22-,23+;/m1./s1. The van der Waals surface area contributed by atoms with Gasteiger partial charge in [0.15, 0.2) is 0 Å². The van der Waals surface area contributed by atoms with Gasteiger partial charge < -0.3 is 15.7 Å². The number of rotatable bonds is 5. The second-order valence-corrected chi connectivity index (χ2v) is 8.58. The summed E-state index contributed by atoms with van der Waals surface area (Å²) in [5, 5.41) is 2.87. The molecule has 2 aromatic carbocycles. The first-order valence-electron chi connectivity index (χ1n) is 11.0. The van der Waals surface area contributed by atoms with Crippen LogP contribution in [0.3, 0.4) is 0 Å². The van der Waals surface area contributed by atoms with Gasteiger partial charge in [-0.3, -0.25) is 9.80 Å². The fourth-order valence-corrected chi connectivity index (χ4v) is 5.25. The van der Waals surface area contributed by atoms with Gasteiger partial charge in [-0.1, -0.05) is 36.4 Å². The highest BCUT2D eigenvalue weighted by Crippen LogP contribution is 2.46. The van der Waals surface area contributed by atoms with Gasteiger partial charge in [-0.25, -0.2) is 9.18 Å². The number of carbonyl (C=O) groups excluding carboxylic acids is 1. The van der Waals surface area contributed by atoms with E-state index in [1.807, 2.05) is 17.0 Å². The minimum Gasteiger partial charge on any atom is -0.412 e. The number of nitrogens with zero attached hydrogens (tertiary/aromatic N) is 3. The number of piperazine rings is 1. The van der Waals surface area contributed by atoms with Gasteiger partial charge in [-0.15, -0.1) is 0 Å². The molecule has 0 radical (unpaired) electrons. The predicted octanol–water partition coefficient (Wildman–Crippen LogP) is 2.22. The van der Waals surface area contributed by atoms with Gasteiger partial charge in [0.25, 0.3) is 0 Å². The van der Waals surface area contributed by atoms with Gasteiger partial charge in [0.05, 0.1) is 0 Å². The molecule has 3 aliphatic rings. The van der Waals surface area contributed by atoms with E-state index in [2.05, 4.69) is 39.4 Å². The van der Waals surface area contributed by atoms with E-state index in [9.17, 15) is 9.18 Å². The molecule has 5 rings (SSSR count). The first kappa shape index (κ1) is 21.7. The van der Waals surface area contributed by atoms with Crippen molar-refractivity contribution in [2.45, 2.75) is 18.4 Å². The summed E-state index contributed by atoms with van der Waals surface area (Å²) in [7, 11) is 0. The van der Waals surface area contributed by atoms with Crippen molar-refractivity contribution in [1.82, 2.24) is 20.0 Å². The van der Waals surface area contributed by atoms with E-state index >= 15 is 0 Å². The van der Waals surface area contributed by atoms with Gasteiger partial charge in [0, 0.05) is 64.3 Å². The lowest BCUT2D eigenvalue weighted by Gasteiger charge is -2.39. The van der Waals surface area contributed by atoms with Crippen molar-refractivity contribution in [3.8, 4) is 0 Å². The van der Waals surface area contributed by atoms with E-state index in [1.54, 1.807) is 12.1 Å². The molecule has 0 spiro atoms. The third-order valence-electron chi connectivity index (χ3n) is 6.94. The number of benzene rings is 2. The molecule has 166 valence electrons. The van der Waals surface area contributed by atoms with Crippen LogP contribution in [0.4, 0.5) is 9.18 Å². The number of carbonyl (C=O) groups is 1. The van der Waals surface area contributed by atoms with Crippen LogP contribution in [0.1, 0.15) is 35.1 Å². The van der Waals surface area contributed by atoms with Crippen LogP contribution >= 0.6 is 0 Å². The van der Waals surface area contributed by atoms with Crippen molar-refractivity contribution in [3.05, 3.63) is 71.0 Å². The number of fused-ring (bicyclic) bond motifs is 1. The average molecular weight is 427 g/mol. The molecule has 1 aliphatic carbocycles. The topological polar surface area (TPSA) is 70.3 Å². The Bertz CT molecular complexity index is 899. The summed E-state index contributed by atoms with van der Waals surface area (Å²) in [6.45, 7) is 7.50. The highest BCUT2D eigenvalue weighted by molar-refractivity contribution is 5.76. The molecule has 2 aliphatic heterocycles. The number of nitrogens with one attached hydrogen (secondary N) is 1. The molecule has 2 saturated heterocycles. The Hall–Kier alpha value is -2.48. The molecule has 31 heavy (non-hydrogen) atoms. The number of urea groups is 1. The van der Waals surface area contributed by atoms with Gasteiger partial charge in [-0.2, -0.15) is 0 Å². The highest BCUT2D eigenvalue weighted by atomic mass is 19.1. The molecule has 2 amide bonds. The van der Waals surface area contributed by atoms with Crippen molar-refractivity contribution in [1.29, 1.82) is 0 Å².